The number of hydrogen-bond acceptors (Lipinski definition) is 1. The highest BCUT2D eigenvalue weighted by atomic mass is 19.1. The molecule has 1 unspecified atom stereocenters. The largest absolute Gasteiger partial charge is 0.250 e. The van der Waals surface area contributed by atoms with Gasteiger partial charge in [0.15, 0.2) is 0 Å². The summed E-state index contributed by atoms with van der Waals surface area (Å²) < 4.78 is 12.5. The molecule has 14 heavy (non-hydrogen) atoms. The lowest BCUT2D eigenvalue weighted by Crippen LogP contribution is -2.02. The molecule has 0 aliphatic heterocycles. The van der Waals surface area contributed by atoms with E-state index in [0.29, 0.717) is 5.56 Å². The first-order valence-corrected chi connectivity index (χ1v) is 4.82. The number of halogens is 1. The van der Waals surface area contributed by atoms with Crippen LogP contribution in [-0.2, 0) is 6.42 Å². The summed E-state index contributed by atoms with van der Waals surface area (Å²) in [5.41, 5.74) is 2.62. The van der Waals surface area contributed by atoms with Gasteiger partial charge in [0.1, 0.15) is 0 Å². The molecule has 1 atom stereocenters. The quantitative estimate of drug-likeness (QED) is 0.719. The van der Waals surface area contributed by atoms with Crippen molar-refractivity contribution < 1.29 is 4.39 Å². The van der Waals surface area contributed by atoms with Gasteiger partial charge in [0.05, 0.1) is 18.3 Å². The second-order valence-corrected chi connectivity index (χ2v) is 3.39. The summed E-state index contributed by atoms with van der Waals surface area (Å²) in [6, 6.07) is 7.65. The lowest BCUT2D eigenvalue weighted by atomic mass is 9.92. The Hall–Kier alpha value is -1.36. The average Bonchev–Trinajstić information content (AvgIpc) is 2.26. The van der Waals surface area contributed by atoms with Crippen molar-refractivity contribution in [3.63, 3.8) is 0 Å². The Bertz CT molecular complexity index is 352. The highest BCUT2D eigenvalue weighted by molar-refractivity contribution is 5.44. The predicted molar refractivity (Wildman–Crippen MR) is 54.9 cm³/mol. The topological polar surface area (TPSA) is 23.8 Å². The van der Waals surface area contributed by atoms with Crippen LogP contribution < -0.4 is 0 Å². The smallest absolute Gasteiger partial charge is 0.0994 e. The molecule has 0 fully saturated rings. The standard InChI is InChI=1S/C12H14FN/c1-3-11-10(8-14)5-4-6-12(11)9(2)7-13/h4-6,9H,3,7H2,1-2H3. The minimum absolute atomic E-state index is 0.113. The number of benzene rings is 1. The van der Waals surface area contributed by atoms with Gasteiger partial charge < -0.3 is 0 Å². The van der Waals surface area contributed by atoms with E-state index < -0.39 is 0 Å². The van der Waals surface area contributed by atoms with Gasteiger partial charge in [0.2, 0.25) is 0 Å². The van der Waals surface area contributed by atoms with Gasteiger partial charge in [-0.1, -0.05) is 26.0 Å². The Morgan fingerprint density at radius 3 is 2.71 bits per heavy atom. The highest BCUT2D eigenvalue weighted by Gasteiger charge is 2.11. The van der Waals surface area contributed by atoms with Crippen LogP contribution in [-0.4, -0.2) is 6.67 Å². The Morgan fingerprint density at radius 2 is 2.21 bits per heavy atom. The molecule has 0 amide bonds. The average molecular weight is 191 g/mol. The van der Waals surface area contributed by atoms with E-state index in [1.807, 2.05) is 26.0 Å². The van der Waals surface area contributed by atoms with Crippen LogP contribution in [0.1, 0.15) is 36.5 Å². The van der Waals surface area contributed by atoms with E-state index in [9.17, 15) is 4.39 Å². The third-order valence-corrected chi connectivity index (χ3v) is 2.45. The Balaban J connectivity index is 3.23. The second-order valence-electron chi connectivity index (χ2n) is 3.39. The van der Waals surface area contributed by atoms with Gasteiger partial charge in [-0.25, -0.2) is 0 Å². The fraction of sp³-hybridized carbons (Fsp3) is 0.417. The molecule has 1 rings (SSSR count). The molecule has 74 valence electrons. The second kappa shape index (κ2) is 4.76. The Kier molecular flexibility index (Phi) is 3.64. The number of alkyl halides is 1. The van der Waals surface area contributed by atoms with Crippen LogP contribution >= 0.6 is 0 Å². The SMILES string of the molecule is CCc1c(C#N)cccc1C(C)CF. The molecule has 0 radical (unpaired) electrons. The van der Waals surface area contributed by atoms with Crippen LogP contribution in [0.4, 0.5) is 4.39 Å². The fourth-order valence-electron chi connectivity index (χ4n) is 1.65. The number of rotatable bonds is 3. The van der Waals surface area contributed by atoms with Gasteiger partial charge >= 0.3 is 0 Å². The van der Waals surface area contributed by atoms with Gasteiger partial charge in [0.25, 0.3) is 0 Å². The summed E-state index contributed by atoms with van der Waals surface area (Å²) in [5.74, 6) is -0.113. The van der Waals surface area contributed by atoms with Crippen molar-refractivity contribution in [2.24, 2.45) is 0 Å². The Labute approximate surface area is 84.2 Å². The first kappa shape index (κ1) is 10.7. The van der Waals surface area contributed by atoms with E-state index in [2.05, 4.69) is 6.07 Å². The zero-order valence-corrected chi connectivity index (χ0v) is 8.55. The lowest BCUT2D eigenvalue weighted by Gasteiger charge is -2.13. The normalized spacial score (nSPS) is 12.1. The molecule has 0 aliphatic carbocycles. The van der Waals surface area contributed by atoms with Crippen molar-refractivity contribution in [1.29, 1.82) is 5.26 Å². The third kappa shape index (κ3) is 1.93. The van der Waals surface area contributed by atoms with Crippen molar-refractivity contribution in [1.82, 2.24) is 0 Å². The van der Waals surface area contributed by atoms with E-state index in [4.69, 9.17) is 5.26 Å². The van der Waals surface area contributed by atoms with Crippen molar-refractivity contribution in [3.8, 4) is 6.07 Å². The van der Waals surface area contributed by atoms with Crippen LogP contribution in [0.3, 0.4) is 0 Å². The van der Waals surface area contributed by atoms with Crippen LogP contribution in [0.5, 0.6) is 0 Å². The van der Waals surface area contributed by atoms with Gasteiger partial charge in [-0.3, -0.25) is 4.39 Å². The molecule has 2 heteroatoms. The molecular weight excluding hydrogens is 177 g/mol. The molecular formula is C12H14FN. The first-order valence-electron chi connectivity index (χ1n) is 4.82. The van der Waals surface area contributed by atoms with Crippen LogP contribution in [0.15, 0.2) is 18.2 Å². The summed E-state index contributed by atoms with van der Waals surface area (Å²) in [6.07, 6.45) is 0.781. The van der Waals surface area contributed by atoms with Crippen LogP contribution in [0.25, 0.3) is 0 Å². The molecule has 0 N–H and O–H groups in total. The van der Waals surface area contributed by atoms with Gasteiger partial charge in [0, 0.05) is 5.92 Å². The maximum atomic E-state index is 12.5. The summed E-state index contributed by atoms with van der Waals surface area (Å²) in [5, 5.41) is 8.88. The van der Waals surface area contributed by atoms with Crippen molar-refractivity contribution in [3.05, 3.63) is 34.9 Å². The summed E-state index contributed by atoms with van der Waals surface area (Å²) in [7, 11) is 0. The molecule has 0 bridgehead atoms. The molecule has 1 nitrogen and oxygen atoms in total. The van der Waals surface area contributed by atoms with Gasteiger partial charge in [-0.15, -0.1) is 0 Å². The lowest BCUT2D eigenvalue weighted by molar-refractivity contribution is 0.446. The van der Waals surface area contributed by atoms with E-state index in [-0.39, 0.29) is 12.6 Å². The van der Waals surface area contributed by atoms with E-state index in [0.717, 1.165) is 17.5 Å². The number of nitriles is 1. The van der Waals surface area contributed by atoms with E-state index in [1.54, 1.807) is 6.07 Å². The maximum Gasteiger partial charge on any atom is 0.0994 e. The Morgan fingerprint density at radius 1 is 1.50 bits per heavy atom. The third-order valence-electron chi connectivity index (χ3n) is 2.45. The van der Waals surface area contributed by atoms with Gasteiger partial charge in [-0.05, 0) is 23.6 Å². The fourth-order valence-corrected chi connectivity index (χ4v) is 1.65. The summed E-state index contributed by atoms with van der Waals surface area (Å²) in [4.78, 5) is 0. The number of hydrogen-bond donors (Lipinski definition) is 0. The molecule has 0 saturated carbocycles. The molecule has 0 saturated heterocycles. The molecule has 1 aromatic rings. The minimum Gasteiger partial charge on any atom is -0.250 e. The van der Waals surface area contributed by atoms with Crippen LogP contribution in [0.2, 0.25) is 0 Å². The molecule has 0 aromatic heterocycles. The maximum absolute atomic E-state index is 12.5. The van der Waals surface area contributed by atoms with Crippen molar-refractivity contribution in [2.45, 2.75) is 26.2 Å². The zero-order valence-electron chi connectivity index (χ0n) is 8.55. The molecule has 0 spiro atoms. The van der Waals surface area contributed by atoms with Crippen molar-refractivity contribution >= 4 is 0 Å². The minimum atomic E-state index is -0.373. The van der Waals surface area contributed by atoms with Gasteiger partial charge in [-0.2, -0.15) is 5.26 Å². The summed E-state index contributed by atoms with van der Waals surface area (Å²) in [6.45, 7) is 3.46. The predicted octanol–water partition coefficient (Wildman–Crippen LogP) is 3.19. The van der Waals surface area contributed by atoms with Crippen LogP contribution in [0, 0.1) is 11.3 Å². The first-order chi connectivity index (χ1) is 6.74. The summed E-state index contributed by atoms with van der Waals surface area (Å²) >= 11 is 0. The van der Waals surface area contributed by atoms with E-state index >= 15 is 0 Å². The highest BCUT2D eigenvalue weighted by Crippen LogP contribution is 2.23. The van der Waals surface area contributed by atoms with E-state index in [1.165, 1.54) is 0 Å². The molecule has 1 aromatic carbocycles. The monoisotopic (exact) mass is 191 g/mol. The zero-order chi connectivity index (χ0) is 10.6. The number of nitrogens with zero attached hydrogens (tertiary/aromatic N) is 1. The van der Waals surface area contributed by atoms with Crippen molar-refractivity contribution in [2.75, 3.05) is 6.67 Å². The molecule has 0 heterocycles. The molecule has 0 aliphatic rings.